The van der Waals surface area contributed by atoms with Gasteiger partial charge in [0.2, 0.25) is 0 Å². The van der Waals surface area contributed by atoms with E-state index in [1.54, 1.807) is 0 Å². The van der Waals surface area contributed by atoms with Crippen molar-refractivity contribution in [3.05, 3.63) is 34.9 Å². The zero-order valence-corrected chi connectivity index (χ0v) is 47.9. The molecular formula is C54H95N3O18P2. The lowest BCUT2D eigenvalue weighted by Gasteiger charge is -2.39. The molecular weight excluding hydrogens is 1040 g/mol. The number of rotatable bonds is 28. The molecule has 0 radical (unpaired) electrons. The van der Waals surface area contributed by atoms with Gasteiger partial charge in [0.1, 0.15) is 36.6 Å². The maximum Gasteiger partial charge on any atom is 0.481 e. The minimum absolute atomic E-state index is 0.0581. The fourth-order valence-corrected chi connectivity index (χ4v) is 11.8. The monoisotopic (exact) mass is 1140 g/mol. The number of aliphatic hydroxyl groups is 4. The molecule has 444 valence electrons. The first kappa shape index (κ1) is 68.4. The quantitative estimate of drug-likeness (QED) is 0.0178. The van der Waals surface area contributed by atoms with E-state index in [4.69, 9.17) is 29.0 Å². The highest BCUT2D eigenvalue weighted by Gasteiger charge is 2.45. The standard InChI is InChI=1S/C54H95N3O18P2/c1-4-5-22-28-41(58)32-33-43-45(59)36-46(60)44-29-24-20-21-26-31-50(62)73-42(37-70-49(61)30-25-19-17-15-13-11-9-7-6-8-10-12-14-16-18-23-27-40(2)3)38-71-76(66,67)75-77(68,69)72-39-47(52(64)51(43)63)74-53(44)57-35-34-48(55)56-54(57)65/h32-35,40-44,46-47,51-53,58,60,63-64H,4-31,36-39H2,1-3H3,(H,66,67)(H,68,69)(H2,55,56,65)/t41-,42+,43-,44-,46-,47+,51-,52+,53+/m0/s1. The Hall–Kier alpha value is -2.91. The van der Waals surface area contributed by atoms with Gasteiger partial charge in [-0.1, -0.05) is 174 Å². The topological polar surface area (TPSA) is 323 Å². The van der Waals surface area contributed by atoms with E-state index in [2.05, 4.69) is 23.1 Å². The number of cyclic esters (lactones) is 1. The summed E-state index contributed by atoms with van der Waals surface area (Å²) in [7, 11) is -11.3. The molecule has 2 fully saturated rings. The number of hydrogen-bond donors (Lipinski definition) is 7. The molecule has 0 spiro atoms. The van der Waals surface area contributed by atoms with E-state index >= 15 is 0 Å². The highest BCUT2D eigenvalue weighted by molar-refractivity contribution is 7.61. The molecule has 1 aromatic heterocycles. The third-order valence-corrected chi connectivity index (χ3v) is 16.8. The average molecular weight is 1140 g/mol. The van der Waals surface area contributed by atoms with Crippen molar-refractivity contribution < 1.29 is 81.3 Å². The molecule has 11 atom stereocenters. The summed E-state index contributed by atoms with van der Waals surface area (Å²) < 4.78 is 59.1. The van der Waals surface area contributed by atoms with Gasteiger partial charge in [-0.15, -0.1) is 0 Å². The van der Waals surface area contributed by atoms with Crippen LogP contribution in [0.4, 0.5) is 5.82 Å². The fourth-order valence-electron chi connectivity index (χ4n) is 9.64. The number of nitrogens with zero attached hydrogens (tertiary/aromatic N) is 2. The van der Waals surface area contributed by atoms with Crippen molar-refractivity contribution in [3.8, 4) is 0 Å². The maximum absolute atomic E-state index is 14.0. The molecule has 2 unspecified atom stereocenters. The number of aliphatic hydroxyl groups excluding tert-OH is 4. The number of hydrogen-bond acceptors (Lipinski definition) is 18. The molecule has 3 heterocycles. The Morgan fingerprint density at radius 1 is 0.805 bits per heavy atom. The number of unbranched alkanes of at least 4 members (excludes halogenated alkanes) is 17. The third-order valence-electron chi connectivity index (χ3n) is 14.2. The number of nitrogens with two attached hydrogens (primary N) is 1. The number of nitrogen functional groups attached to an aromatic ring is 1. The molecule has 77 heavy (non-hydrogen) atoms. The highest BCUT2D eigenvalue weighted by atomic mass is 31.3. The van der Waals surface area contributed by atoms with Crippen LogP contribution in [0.1, 0.15) is 213 Å². The molecule has 0 amide bonds. The summed E-state index contributed by atoms with van der Waals surface area (Å²) in [5.74, 6) is -4.21. The van der Waals surface area contributed by atoms with Crippen LogP contribution in [-0.2, 0) is 51.1 Å². The molecule has 1 aromatic rings. The Labute approximate surface area is 456 Å². The summed E-state index contributed by atoms with van der Waals surface area (Å²) in [6, 6.07) is 1.25. The minimum atomic E-state index is -5.71. The Morgan fingerprint density at radius 3 is 1.97 bits per heavy atom. The van der Waals surface area contributed by atoms with E-state index in [-0.39, 0.29) is 31.5 Å². The molecule has 0 aliphatic carbocycles. The molecule has 2 bridgehead atoms. The maximum atomic E-state index is 14.0. The first-order valence-electron chi connectivity index (χ1n) is 28.7. The van der Waals surface area contributed by atoms with Gasteiger partial charge in [-0.25, -0.2) is 13.9 Å². The number of carbonyl (C=O) groups excluding carboxylic acids is 3. The van der Waals surface area contributed by atoms with E-state index in [0.29, 0.717) is 38.5 Å². The predicted molar refractivity (Wildman–Crippen MR) is 290 cm³/mol. The number of ketones is 1. The normalized spacial score (nSPS) is 28.3. The summed E-state index contributed by atoms with van der Waals surface area (Å²) >= 11 is 0. The van der Waals surface area contributed by atoms with Crippen molar-refractivity contribution in [2.24, 2.45) is 17.8 Å². The molecule has 21 nitrogen and oxygen atoms in total. The minimum Gasteiger partial charge on any atom is -0.462 e. The third kappa shape index (κ3) is 28.9. The van der Waals surface area contributed by atoms with Crippen molar-refractivity contribution in [3.63, 3.8) is 0 Å². The number of phosphoric ester groups is 2. The van der Waals surface area contributed by atoms with E-state index in [0.717, 1.165) is 49.0 Å². The van der Waals surface area contributed by atoms with Crippen LogP contribution in [-0.4, -0.2) is 114 Å². The Balaban J connectivity index is 1.65. The number of Topliss-reactive ketones (excluding diaryl/α,β-unsaturated/α-hetero) is 1. The van der Waals surface area contributed by atoms with Gasteiger partial charge in [-0.05, 0) is 37.7 Å². The molecule has 8 N–H and O–H groups in total. The van der Waals surface area contributed by atoms with Crippen molar-refractivity contribution in [2.75, 3.05) is 25.6 Å². The zero-order valence-electron chi connectivity index (χ0n) is 46.2. The van der Waals surface area contributed by atoms with Crippen LogP contribution >= 0.6 is 15.6 Å². The van der Waals surface area contributed by atoms with E-state index < -0.39 is 120 Å². The summed E-state index contributed by atoms with van der Waals surface area (Å²) in [4.78, 5) is 78.3. The predicted octanol–water partition coefficient (Wildman–Crippen LogP) is 9.23. The van der Waals surface area contributed by atoms with E-state index in [9.17, 15) is 58.5 Å². The van der Waals surface area contributed by atoms with Crippen LogP contribution in [0.5, 0.6) is 0 Å². The van der Waals surface area contributed by atoms with Crippen LogP contribution in [0.15, 0.2) is 29.2 Å². The number of carbonyl (C=O) groups is 3. The summed E-state index contributed by atoms with van der Waals surface area (Å²) in [5, 5.41) is 45.8. The largest absolute Gasteiger partial charge is 0.481 e. The number of anilines is 1. The molecule has 2 aliphatic heterocycles. The number of phosphoric acid groups is 2. The van der Waals surface area contributed by atoms with Crippen LogP contribution in [0.2, 0.25) is 0 Å². The number of aromatic nitrogens is 2. The Kier molecular flexibility index (Phi) is 33.7. The SMILES string of the molecule is CCCCC[C@H](O)C=C[C@H]1C(=O)C[C@H](O)[C@@H]2CCCCCCC(=O)O[C@H](COC(=O)CCCCCCCCCCCCCCCCCCC(C)C)COP(=O)(O)OP(=O)(O)OC[C@@H](O[C@H]2n2ccc(N)nc2=O)[C@@H](O)[C@H]1O. The fraction of sp³-hybridized carbons (Fsp3) is 0.833. The van der Waals surface area contributed by atoms with Crippen molar-refractivity contribution in [2.45, 2.75) is 250 Å². The highest BCUT2D eigenvalue weighted by Crippen LogP contribution is 2.60. The van der Waals surface area contributed by atoms with E-state index in [1.807, 2.05) is 6.92 Å². The van der Waals surface area contributed by atoms with Gasteiger partial charge in [-0.2, -0.15) is 9.29 Å². The smallest absolute Gasteiger partial charge is 0.462 e. The van der Waals surface area contributed by atoms with Crippen molar-refractivity contribution in [1.29, 1.82) is 0 Å². The lowest BCUT2D eigenvalue weighted by Crippen LogP contribution is -2.51. The molecule has 0 saturated carbocycles. The van der Waals surface area contributed by atoms with Crippen LogP contribution in [0.3, 0.4) is 0 Å². The average Bonchev–Trinajstić information content (AvgIpc) is 3.36. The number of fused-ring (bicyclic) bond motifs is 3. The van der Waals surface area contributed by atoms with Gasteiger partial charge in [0.15, 0.2) is 6.10 Å². The summed E-state index contributed by atoms with van der Waals surface area (Å²) in [5.41, 5.74) is 4.79. The van der Waals surface area contributed by atoms with Crippen LogP contribution < -0.4 is 11.4 Å². The molecule has 2 saturated heterocycles. The van der Waals surface area contributed by atoms with Gasteiger partial charge >= 0.3 is 33.3 Å². The zero-order chi connectivity index (χ0) is 56.6. The second-order valence-corrected chi connectivity index (χ2v) is 24.5. The van der Waals surface area contributed by atoms with Gasteiger partial charge < -0.3 is 50.2 Å². The summed E-state index contributed by atoms with van der Waals surface area (Å²) in [6.07, 6.45) is 15.7. The lowest BCUT2D eigenvalue weighted by molar-refractivity contribution is -0.188. The number of ether oxygens (including phenoxy) is 3. The van der Waals surface area contributed by atoms with Crippen LogP contribution in [0.25, 0.3) is 0 Å². The van der Waals surface area contributed by atoms with Gasteiger partial charge in [-0.3, -0.25) is 28.0 Å². The molecule has 0 aromatic carbocycles. The first-order valence-corrected chi connectivity index (χ1v) is 31.7. The Morgan fingerprint density at radius 2 is 1.38 bits per heavy atom. The van der Waals surface area contributed by atoms with Gasteiger partial charge in [0.25, 0.3) is 0 Å². The molecule has 3 rings (SSSR count). The first-order chi connectivity index (χ1) is 36.7. The second kappa shape index (κ2) is 37.9. The molecule has 2 aliphatic rings. The second-order valence-electron chi connectivity index (χ2n) is 21.4. The van der Waals surface area contributed by atoms with E-state index in [1.165, 1.54) is 101 Å². The van der Waals surface area contributed by atoms with Gasteiger partial charge in [0, 0.05) is 31.4 Å². The molecule has 23 heteroatoms. The number of esters is 2. The lowest BCUT2D eigenvalue weighted by atomic mass is 9.83. The van der Waals surface area contributed by atoms with Crippen molar-refractivity contribution in [1.82, 2.24) is 9.55 Å². The van der Waals surface area contributed by atoms with Crippen molar-refractivity contribution >= 4 is 39.2 Å². The van der Waals surface area contributed by atoms with Gasteiger partial charge in [0.05, 0.1) is 37.4 Å². The van der Waals surface area contributed by atoms with Crippen LogP contribution in [0, 0.1) is 17.8 Å². The summed E-state index contributed by atoms with van der Waals surface area (Å²) in [6.45, 7) is 3.86. The Bertz CT molecular complexity index is 2030.